The van der Waals surface area contributed by atoms with Crippen LogP contribution in [0.15, 0.2) is 53.6 Å². The number of hydrogen-bond donors (Lipinski definition) is 2. The molecule has 0 fully saturated rings. The van der Waals surface area contributed by atoms with Gasteiger partial charge in [0.25, 0.3) is 0 Å². The van der Waals surface area contributed by atoms with Gasteiger partial charge in [0.1, 0.15) is 5.82 Å². The normalized spacial score (nSPS) is 10.7. The Kier molecular flexibility index (Phi) is 3.64. The molecule has 0 saturated carbocycles. The number of pyridine rings is 2. The van der Waals surface area contributed by atoms with E-state index in [9.17, 15) is 9.18 Å². The van der Waals surface area contributed by atoms with Gasteiger partial charge in [-0.25, -0.2) is 4.39 Å². The fourth-order valence-corrected chi connectivity index (χ4v) is 2.20. The molecule has 5 heteroatoms. The highest BCUT2D eigenvalue weighted by Crippen LogP contribution is 2.20. The van der Waals surface area contributed by atoms with E-state index in [0.29, 0.717) is 23.1 Å². The number of aromatic nitrogens is 2. The molecule has 0 radical (unpaired) electrons. The van der Waals surface area contributed by atoms with E-state index in [1.807, 2.05) is 12.1 Å². The highest BCUT2D eigenvalue weighted by atomic mass is 19.1. The zero-order valence-corrected chi connectivity index (χ0v) is 11.3. The van der Waals surface area contributed by atoms with Gasteiger partial charge in [0.2, 0.25) is 5.56 Å². The van der Waals surface area contributed by atoms with Gasteiger partial charge in [-0.2, -0.15) is 0 Å². The van der Waals surface area contributed by atoms with Gasteiger partial charge >= 0.3 is 0 Å². The number of nitrogens with zero attached hydrogens (tertiary/aromatic N) is 1. The molecule has 0 saturated heterocycles. The summed E-state index contributed by atoms with van der Waals surface area (Å²) in [7, 11) is 0. The standard InChI is InChI=1S/C16H14FN3O/c17-13-9-12-1-2-16(21)20-14(12)10-15(13)19-8-5-11-3-6-18-7-4-11/h1-4,6-7,9-10,19H,5,8H2,(H,20,21). The van der Waals surface area contributed by atoms with Crippen LogP contribution < -0.4 is 10.9 Å². The maximum absolute atomic E-state index is 14.0. The number of rotatable bonds is 4. The Bertz CT molecular complexity index is 815. The molecule has 0 aliphatic carbocycles. The van der Waals surface area contributed by atoms with Crippen LogP contribution in [0.4, 0.5) is 10.1 Å². The van der Waals surface area contributed by atoms with Crippen LogP contribution in [0.1, 0.15) is 5.56 Å². The highest BCUT2D eigenvalue weighted by molar-refractivity contribution is 5.82. The third-order valence-electron chi connectivity index (χ3n) is 3.29. The lowest BCUT2D eigenvalue weighted by Crippen LogP contribution is -2.08. The van der Waals surface area contributed by atoms with E-state index >= 15 is 0 Å². The number of anilines is 1. The lowest BCUT2D eigenvalue weighted by atomic mass is 10.1. The molecule has 0 amide bonds. The molecule has 0 unspecified atom stereocenters. The van der Waals surface area contributed by atoms with Gasteiger partial charge in [-0.1, -0.05) is 0 Å². The molecule has 2 heterocycles. The minimum absolute atomic E-state index is 0.197. The molecule has 106 valence electrons. The van der Waals surface area contributed by atoms with Crippen molar-refractivity contribution in [1.82, 2.24) is 9.97 Å². The second-order valence-corrected chi connectivity index (χ2v) is 4.77. The van der Waals surface area contributed by atoms with Crippen LogP contribution in [0.25, 0.3) is 10.9 Å². The summed E-state index contributed by atoms with van der Waals surface area (Å²) in [5.74, 6) is -0.329. The molecule has 21 heavy (non-hydrogen) atoms. The Morgan fingerprint density at radius 2 is 1.95 bits per heavy atom. The molecule has 0 spiro atoms. The summed E-state index contributed by atoms with van der Waals surface area (Å²) >= 11 is 0. The molecule has 1 aromatic carbocycles. The Morgan fingerprint density at radius 3 is 2.76 bits per heavy atom. The van der Waals surface area contributed by atoms with E-state index in [0.717, 1.165) is 12.0 Å². The number of halogens is 1. The zero-order chi connectivity index (χ0) is 14.7. The molecular formula is C16H14FN3O. The van der Waals surface area contributed by atoms with Crippen LogP contribution in [0.3, 0.4) is 0 Å². The number of aromatic amines is 1. The number of benzene rings is 1. The van der Waals surface area contributed by atoms with Crippen LogP contribution >= 0.6 is 0 Å². The summed E-state index contributed by atoms with van der Waals surface area (Å²) < 4.78 is 14.0. The fourth-order valence-electron chi connectivity index (χ4n) is 2.20. The summed E-state index contributed by atoms with van der Waals surface area (Å²) in [6.45, 7) is 0.601. The first-order chi connectivity index (χ1) is 10.2. The fraction of sp³-hybridized carbons (Fsp3) is 0.125. The first-order valence-electron chi connectivity index (χ1n) is 6.68. The van der Waals surface area contributed by atoms with Crippen LogP contribution in [0, 0.1) is 5.82 Å². The van der Waals surface area contributed by atoms with Gasteiger partial charge in [0.05, 0.1) is 11.2 Å². The Morgan fingerprint density at radius 1 is 1.14 bits per heavy atom. The summed E-state index contributed by atoms with van der Waals surface area (Å²) in [5, 5.41) is 3.73. The van der Waals surface area contributed by atoms with E-state index < -0.39 is 0 Å². The van der Waals surface area contributed by atoms with Crippen molar-refractivity contribution in [2.45, 2.75) is 6.42 Å². The van der Waals surface area contributed by atoms with Gasteiger partial charge in [-0.15, -0.1) is 0 Å². The predicted molar refractivity (Wildman–Crippen MR) is 81.0 cm³/mol. The second kappa shape index (κ2) is 5.75. The van der Waals surface area contributed by atoms with Crippen molar-refractivity contribution in [3.05, 3.63) is 70.5 Å². The van der Waals surface area contributed by atoms with Crippen LogP contribution in [0.2, 0.25) is 0 Å². The first-order valence-corrected chi connectivity index (χ1v) is 6.68. The van der Waals surface area contributed by atoms with Crippen molar-refractivity contribution in [3.8, 4) is 0 Å². The Labute approximate surface area is 120 Å². The number of fused-ring (bicyclic) bond motifs is 1. The van der Waals surface area contributed by atoms with Gasteiger partial charge in [-0.05, 0) is 42.3 Å². The molecule has 0 bridgehead atoms. The maximum Gasteiger partial charge on any atom is 0.248 e. The van der Waals surface area contributed by atoms with E-state index in [1.54, 1.807) is 24.5 Å². The summed E-state index contributed by atoms with van der Waals surface area (Å²) in [4.78, 5) is 18.0. The molecule has 2 N–H and O–H groups in total. The van der Waals surface area contributed by atoms with E-state index in [4.69, 9.17) is 0 Å². The SMILES string of the molecule is O=c1ccc2cc(F)c(NCCc3ccncc3)cc2[nH]1. The van der Waals surface area contributed by atoms with Crippen LogP contribution in [-0.4, -0.2) is 16.5 Å². The minimum Gasteiger partial charge on any atom is -0.382 e. The van der Waals surface area contributed by atoms with Gasteiger partial charge < -0.3 is 10.3 Å². The maximum atomic E-state index is 14.0. The van der Waals surface area contributed by atoms with Crippen molar-refractivity contribution in [2.24, 2.45) is 0 Å². The highest BCUT2D eigenvalue weighted by Gasteiger charge is 2.05. The quantitative estimate of drug-likeness (QED) is 0.774. The molecule has 2 aromatic heterocycles. The lowest BCUT2D eigenvalue weighted by molar-refractivity contribution is 0.632. The molecule has 4 nitrogen and oxygen atoms in total. The molecule has 3 aromatic rings. The number of H-pyrrole nitrogens is 1. The van der Waals surface area contributed by atoms with Crippen LogP contribution in [0.5, 0.6) is 0 Å². The molecule has 0 aliphatic rings. The smallest absolute Gasteiger partial charge is 0.248 e. The number of hydrogen-bond acceptors (Lipinski definition) is 3. The zero-order valence-electron chi connectivity index (χ0n) is 11.3. The minimum atomic E-state index is -0.329. The van der Waals surface area contributed by atoms with Gasteiger partial charge in [-0.3, -0.25) is 9.78 Å². The summed E-state index contributed by atoms with van der Waals surface area (Å²) in [6, 6.07) is 9.89. The summed E-state index contributed by atoms with van der Waals surface area (Å²) in [5.41, 5.74) is 1.94. The average Bonchev–Trinajstić information content (AvgIpc) is 2.49. The molecule has 0 aliphatic heterocycles. The molecule has 0 atom stereocenters. The van der Waals surface area contributed by atoms with Gasteiger partial charge in [0.15, 0.2) is 0 Å². The second-order valence-electron chi connectivity index (χ2n) is 4.77. The lowest BCUT2D eigenvalue weighted by Gasteiger charge is -2.09. The van der Waals surface area contributed by atoms with Gasteiger partial charge in [0, 0.05) is 30.4 Å². The van der Waals surface area contributed by atoms with E-state index in [-0.39, 0.29) is 11.4 Å². The predicted octanol–water partition coefficient (Wildman–Crippen LogP) is 2.72. The van der Waals surface area contributed by atoms with E-state index in [1.165, 1.54) is 12.1 Å². The number of nitrogens with one attached hydrogen (secondary N) is 2. The third kappa shape index (κ3) is 3.08. The van der Waals surface area contributed by atoms with Crippen molar-refractivity contribution in [1.29, 1.82) is 0 Å². The van der Waals surface area contributed by atoms with Crippen molar-refractivity contribution in [3.63, 3.8) is 0 Å². The topological polar surface area (TPSA) is 57.8 Å². The Hall–Kier alpha value is -2.69. The third-order valence-corrected chi connectivity index (χ3v) is 3.29. The Balaban J connectivity index is 1.77. The largest absolute Gasteiger partial charge is 0.382 e. The van der Waals surface area contributed by atoms with E-state index in [2.05, 4.69) is 15.3 Å². The first kappa shape index (κ1) is 13.3. The van der Waals surface area contributed by atoms with Crippen LogP contribution in [-0.2, 0) is 6.42 Å². The molecule has 3 rings (SSSR count). The summed E-state index contributed by atoms with van der Waals surface area (Å²) in [6.07, 6.45) is 4.23. The monoisotopic (exact) mass is 283 g/mol. The van der Waals surface area contributed by atoms with Crippen molar-refractivity contribution in [2.75, 3.05) is 11.9 Å². The van der Waals surface area contributed by atoms with Crippen molar-refractivity contribution >= 4 is 16.6 Å². The van der Waals surface area contributed by atoms with Crippen molar-refractivity contribution < 1.29 is 4.39 Å². The molecular weight excluding hydrogens is 269 g/mol. The average molecular weight is 283 g/mol.